The maximum absolute atomic E-state index is 11.2. The standard InChI is InChI=1S/C20H16N6OS/c27-19(18-20(13-4-5-13)28-17-9-22-11-25(17)18)15-10-26(24-23-15)16-3-1-2-12-6-7-21-8-14(12)16/h1-3,6-11,13,19,27H,4-5H2. The molecule has 1 atom stereocenters. The molecule has 4 heterocycles. The van der Waals surface area contributed by atoms with E-state index >= 15 is 0 Å². The molecule has 28 heavy (non-hydrogen) atoms. The number of hydrogen-bond acceptors (Lipinski definition) is 6. The third-order valence-corrected chi connectivity index (χ3v) is 6.51. The van der Waals surface area contributed by atoms with E-state index in [1.807, 2.05) is 41.1 Å². The van der Waals surface area contributed by atoms with Gasteiger partial charge in [0.15, 0.2) is 0 Å². The van der Waals surface area contributed by atoms with Crippen LogP contribution < -0.4 is 0 Å². The first-order valence-corrected chi connectivity index (χ1v) is 9.99. The van der Waals surface area contributed by atoms with Gasteiger partial charge in [-0.3, -0.25) is 9.38 Å². The molecule has 0 saturated heterocycles. The number of imidazole rings is 1. The molecule has 138 valence electrons. The van der Waals surface area contributed by atoms with Crippen LogP contribution in [0, 0.1) is 0 Å². The Bertz CT molecular complexity index is 1310. The lowest BCUT2D eigenvalue weighted by Gasteiger charge is -2.09. The van der Waals surface area contributed by atoms with E-state index in [2.05, 4.69) is 20.3 Å². The second kappa shape index (κ2) is 5.95. The predicted molar refractivity (Wildman–Crippen MR) is 106 cm³/mol. The van der Waals surface area contributed by atoms with Gasteiger partial charge in [-0.15, -0.1) is 16.4 Å². The lowest BCUT2D eigenvalue weighted by molar-refractivity contribution is 0.208. The number of aliphatic hydroxyl groups excluding tert-OH is 1. The van der Waals surface area contributed by atoms with Crippen molar-refractivity contribution in [2.45, 2.75) is 24.9 Å². The highest BCUT2D eigenvalue weighted by Gasteiger charge is 2.33. The number of hydrogen-bond donors (Lipinski definition) is 1. The number of fused-ring (bicyclic) bond motifs is 2. The number of aliphatic hydroxyl groups is 1. The van der Waals surface area contributed by atoms with Gasteiger partial charge in [0, 0.05) is 22.7 Å². The first-order chi connectivity index (χ1) is 13.8. The molecule has 1 saturated carbocycles. The highest BCUT2D eigenvalue weighted by Crippen LogP contribution is 2.47. The zero-order valence-electron chi connectivity index (χ0n) is 14.8. The molecule has 7 nitrogen and oxygen atoms in total. The Labute approximate surface area is 163 Å². The van der Waals surface area contributed by atoms with E-state index in [1.165, 1.54) is 17.7 Å². The van der Waals surface area contributed by atoms with Gasteiger partial charge in [0.1, 0.15) is 23.0 Å². The average Bonchev–Trinajstić information content (AvgIpc) is 3.14. The summed E-state index contributed by atoms with van der Waals surface area (Å²) in [6, 6.07) is 7.96. The van der Waals surface area contributed by atoms with Crippen LogP contribution in [0.15, 0.2) is 55.4 Å². The van der Waals surface area contributed by atoms with Crippen LogP contribution in [0.1, 0.15) is 41.1 Å². The first-order valence-electron chi connectivity index (χ1n) is 9.17. The molecule has 1 fully saturated rings. The lowest BCUT2D eigenvalue weighted by Crippen LogP contribution is -2.06. The second-order valence-electron chi connectivity index (χ2n) is 7.09. The van der Waals surface area contributed by atoms with Crippen molar-refractivity contribution in [1.29, 1.82) is 0 Å². The van der Waals surface area contributed by atoms with Crippen molar-refractivity contribution < 1.29 is 5.11 Å². The molecule has 1 aromatic carbocycles. The zero-order valence-corrected chi connectivity index (χ0v) is 15.6. The smallest absolute Gasteiger partial charge is 0.141 e. The monoisotopic (exact) mass is 388 g/mol. The summed E-state index contributed by atoms with van der Waals surface area (Å²) in [5.74, 6) is 0.536. The van der Waals surface area contributed by atoms with Crippen LogP contribution in [0.2, 0.25) is 0 Å². The summed E-state index contributed by atoms with van der Waals surface area (Å²) in [7, 11) is 0. The molecule has 1 unspecified atom stereocenters. The topological polar surface area (TPSA) is 81.1 Å². The van der Waals surface area contributed by atoms with Crippen LogP contribution in [-0.2, 0) is 0 Å². The van der Waals surface area contributed by atoms with Gasteiger partial charge in [0.05, 0.1) is 23.8 Å². The van der Waals surface area contributed by atoms with Gasteiger partial charge in [-0.05, 0) is 36.3 Å². The quantitative estimate of drug-likeness (QED) is 0.510. The van der Waals surface area contributed by atoms with Gasteiger partial charge in [-0.1, -0.05) is 17.3 Å². The van der Waals surface area contributed by atoms with Gasteiger partial charge in [0.25, 0.3) is 0 Å². The highest BCUT2D eigenvalue weighted by molar-refractivity contribution is 7.17. The number of aromatic nitrogens is 6. The van der Waals surface area contributed by atoms with E-state index < -0.39 is 6.10 Å². The Balaban J connectivity index is 1.45. The summed E-state index contributed by atoms with van der Waals surface area (Å²) in [4.78, 5) is 10.7. The highest BCUT2D eigenvalue weighted by atomic mass is 32.1. The molecule has 5 aromatic rings. The minimum atomic E-state index is -0.847. The number of rotatable bonds is 4. The van der Waals surface area contributed by atoms with E-state index in [0.29, 0.717) is 11.6 Å². The van der Waals surface area contributed by atoms with Gasteiger partial charge in [0.2, 0.25) is 0 Å². The molecule has 0 aliphatic heterocycles. The third-order valence-electron chi connectivity index (χ3n) is 5.24. The van der Waals surface area contributed by atoms with E-state index in [1.54, 1.807) is 34.7 Å². The normalized spacial score (nSPS) is 15.5. The van der Waals surface area contributed by atoms with Gasteiger partial charge < -0.3 is 5.11 Å². The molecular weight excluding hydrogens is 372 g/mol. The number of nitrogens with zero attached hydrogens (tertiary/aromatic N) is 6. The van der Waals surface area contributed by atoms with Crippen molar-refractivity contribution in [1.82, 2.24) is 29.4 Å². The Morgan fingerprint density at radius 1 is 1.14 bits per heavy atom. The fourth-order valence-electron chi connectivity index (χ4n) is 3.68. The molecule has 0 radical (unpaired) electrons. The van der Waals surface area contributed by atoms with Gasteiger partial charge in [-0.25, -0.2) is 9.67 Å². The summed E-state index contributed by atoms with van der Waals surface area (Å²) < 4.78 is 3.68. The SMILES string of the molecule is OC(c1cn(-c2cccc3ccncc23)nn1)c1c(C2CC2)sc2cncn12. The van der Waals surface area contributed by atoms with Crippen LogP contribution in [0.5, 0.6) is 0 Å². The molecule has 0 amide bonds. The molecule has 1 aliphatic rings. The number of pyridine rings is 1. The molecule has 1 N–H and O–H groups in total. The van der Waals surface area contributed by atoms with Crippen LogP contribution in [0.3, 0.4) is 0 Å². The van der Waals surface area contributed by atoms with E-state index in [9.17, 15) is 5.11 Å². The molecule has 0 bridgehead atoms. The van der Waals surface area contributed by atoms with Crippen LogP contribution in [-0.4, -0.2) is 34.5 Å². The average molecular weight is 388 g/mol. The molecule has 6 rings (SSSR count). The minimum Gasteiger partial charge on any atom is -0.380 e. The lowest BCUT2D eigenvalue weighted by atomic mass is 10.1. The number of benzene rings is 1. The Kier molecular flexibility index (Phi) is 3.38. The minimum absolute atomic E-state index is 0.524. The summed E-state index contributed by atoms with van der Waals surface area (Å²) in [6.45, 7) is 0. The maximum atomic E-state index is 11.2. The third kappa shape index (κ3) is 2.38. The summed E-state index contributed by atoms with van der Waals surface area (Å²) in [6.07, 6.45) is 10.5. The van der Waals surface area contributed by atoms with E-state index in [4.69, 9.17) is 0 Å². The molecule has 4 aromatic heterocycles. The van der Waals surface area contributed by atoms with E-state index in [-0.39, 0.29) is 0 Å². The van der Waals surface area contributed by atoms with Crippen molar-refractivity contribution >= 4 is 26.9 Å². The fraction of sp³-hybridized carbons (Fsp3) is 0.200. The van der Waals surface area contributed by atoms with Gasteiger partial charge >= 0.3 is 0 Å². The molecule has 1 aliphatic carbocycles. The first kappa shape index (κ1) is 15.9. The van der Waals surface area contributed by atoms with Crippen molar-refractivity contribution in [2.75, 3.05) is 0 Å². The Morgan fingerprint density at radius 2 is 2.07 bits per heavy atom. The molecule has 0 spiro atoms. The Morgan fingerprint density at radius 3 is 2.96 bits per heavy atom. The zero-order chi connectivity index (χ0) is 18.7. The Hall–Kier alpha value is -3.10. The van der Waals surface area contributed by atoms with Crippen LogP contribution in [0.25, 0.3) is 21.3 Å². The van der Waals surface area contributed by atoms with Gasteiger partial charge in [-0.2, -0.15) is 0 Å². The van der Waals surface area contributed by atoms with Crippen LogP contribution in [0.4, 0.5) is 0 Å². The van der Waals surface area contributed by atoms with Crippen molar-refractivity contribution in [3.8, 4) is 5.69 Å². The summed E-state index contributed by atoms with van der Waals surface area (Å²) >= 11 is 1.71. The summed E-state index contributed by atoms with van der Waals surface area (Å²) in [5, 5.41) is 21.8. The van der Waals surface area contributed by atoms with E-state index in [0.717, 1.165) is 27.0 Å². The van der Waals surface area contributed by atoms with Crippen LogP contribution >= 0.6 is 11.3 Å². The molecular formula is C20H16N6OS. The summed E-state index contributed by atoms with van der Waals surface area (Å²) in [5.41, 5.74) is 2.28. The largest absolute Gasteiger partial charge is 0.380 e. The van der Waals surface area contributed by atoms with Crippen molar-refractivity contribution in [3.63, 3.8) is 0 Å². The molecule has 8 heteroatoms. The van der Waals surface area contributed by atoms with Crippen molar-refractivity contribution in [2.24, 2.45) is 0 Å². The predicted octanol–water partition coefficient (Wildman–Crippen LogP) is 3.48. The van der Waals surface area contributed by atoms with Crippen molar-refractivity contribution in [3.05, 3.63) is 71.6 Å². The fourth-order valence-corrected chi connectivity index (χ4v) is 4.98. The maximum Gasteiger partial charge on any atom is 0.141 e. The number of thiazole rings is 1. The second-order valence-corrected chi connectivity index (χ2v) is 8.15.